The molecule has 1 atom stereocenters. The van der Waals surface area contributed by atoms with Crippen molar-refractivity contribution in [1.29, 1.82) is 5.26 Å². The zero-order valence-electron chi connectivity index (χ0n) is 10.3. The fraction of sp³-hybridized carbons (Fsp3) is 0.385. The highest BCUT2D eigenvalue weighted by Gasteiger charge is 2.05. The van der Waals surface area contributed by atoms with Crippen LogP contribution in [0.3, 0.4) is 0 Å². The summed E-state index contributed by atoms with van der Waals surface area (Å²) in [7, 11) is 0. The Kier molecular flexibility index (Phi) is 5.68. The first-order valence-corrected chi connectivity index (χ1v) is 5.63. The van der Waals surface area contributed by atoms with Gasteiger partial charge in [-0.25, -0.2) is 0 Å². The number of benzene rings is 1. The zero-order chi connectivity index (χ0) is 13.4. The molecule has 0 amide bonds. The van der Waals surface area contributed by atoms with Crippen molar-refractivity contribution in [3.8, 4) is 6.07 Å². The van der Waals surface area contributed by atoms with Gasteiger partial charge in [0.25, 0.3) is 0 Å². The van der Waals surface area contributed by atoms with Gasteiger partial charge in [0.05, 0.1) is 19.1 Å². The van der Waals surface area contributed by atoms with Crippen LogP contribution >= 0.6 is 0 Å². The molecule has 96 valence electrons. The van der Waals surface area contributed by atoms with Gasteiger partial charge in [-0.2, -0.15) is 5.26 Å². The van der Waals surface area contributed by atoms with Gasteiger partial charge in [0.1, 0.15) is 12.7 Å². The van der Waals surface area contributed by atoms with Crippen LogP contribution < -0.4 is 5.73 Å². The zero-order valence-corrected chi connectivity index (χ0v) is 10.3. The molecule has 5 heteroatoms. The second-order valence-corrected chi connectivity index (χ2v) is 3.78. The first-order valence-electron chi connectivity index (χ1n) is 5.63. The Labute approximate surface area is 106 Å². The second kappa shape index (κ2) is 7.30. The Morgan fingerprint density at radius 3 is 2.94 bits per heavy atom. The number of nitrogens with zero attached hydrogens (tertiary/aromatic N) is 1. The third-order valence-corrected chi connectivity index (χ3v) is 2.20. The summed E-state index contributed by atoms with van der Waals surface area (Å²) in [5.41, 5.74) is 7.03. The molecule has 18 heavy (non-hydrogen) atoms. The van der Waals surface area contributed by atoms with Crippen molar-refractivity contribution in [1.82, 2.24) is 0 Å². The quantitative estimate of drug-likeness (QED) is 0.465. The highest BCUT2D eigenvalue weighted by atomic mass is 16.6. The molecule has 0 fully saturated rings. The number of carbonyl (C=O) groups is 1. The number of anilines is 1. The molecule has 1 unspecified atom stereocenters. The fourth-order valence-electron chi connectivity index (χ4n) is 1.34. The van der Waals surface area contributed by atoms with Crippen LogP contribution in [0.15, 0.2) is 24.3 Å². The van der Waals surface area contributed by atoms with E-state index >= 15 is 0 Å². The monoisotopic (exact) mass is 248 g/mol. The number of hydrogen-bond acceptors (Lipinski definition) is 5. The average molecular weight is 248 g/mol. The molecule has 0 bridgehead atoms. The highest BCUT2D eigenvalue weighted by Crippen LogP contribution is 2.07. The van der Waals surface area contributed by atoms with E-state index in [2.05, 4.69) is 0 Å². The Morgan fingerprint density at radius 1 is 1.50 bits per heavy atom. The van der Waals surface area contributed by atoms with Crippen molar-refractivity contribution >= 4 is 11.7 Å². The largest absolute Gasteiger partial charge is 0.463 e. The van der Waals surface area contributed by atoms with E-state index in [0.29, 0.717) is 5.69 Å². The maximum atomic E-state index is 11.5. The summed E-state index contributed by atoms with van der Waals surface area (Å²) < 4.78 is 10.0. The van der Waals surface area contributed by atoms with Crippen LogP contribution in [0.25, 0.3) is 0 Å². The molecular weight excluding hydrogens is 232 g/mol. The van der Waals surface area contributed by atoms with Crippen LogP contribution in [0.5, 0.6) is 0 Å². The van der Waals surface area contributed by atoms with E-state index in [9.17, 15) is 4.79 Å². The van der Waals surface area contributed by atoms with Crippen molar-refractivity contribution in [2.24, 2.45) is 0 Å². The SMILES string of the molecule is CC(C#N)OCCOC(=O)Cc1cccc(N)c1. The molecule has 1 aromatic carbocycles. The summed E-state index contributed by atoms with van der Waals surface area (Å²) >= 11 is 0. The minimum absolute atomic E-state index is 0.146. The van der Waals surface area contributed by atoms with Gasteiger partial charge >= 0.3 is 5.97 Å². The van der Waals surface area contributed by atoms with Crippen LogP contribution in [0.4, 0.5) is 5.69 Å². The van der Waals surface area contributed by atoms with Crippen molar-refractivity contribution in [3.63, 3.8) is 0 Å². The Bertz CT molecular complexity index is 440. The molecule has 0 saturated carbocycles. The second-order valence-electron chi connectivity index (χ2n) is 3.78. The highest BCUT2D eigenvalue weighted by molar-refractivity contribution is 5.72. The standard InChI is InChI=1S/C13H16N2O3/c1-10(9-14)17-5-6-18-13(16)8-11-3-2-4-12(15)7-11/h2-4,7,10H,5-6,8,15H2,1H3. The summed E-state index contributed by atoms with van der Waals surface area (Å²) in [6.45, 7) is 2.00. The van der Waals surface area contributed by atoms with Gasteiger partial charge in [-0.15, -0.1) is 0 Å². The van der Waals surface area contributed by atoms with Gasteiger partial charge < -0.3 is 15.2 Å². The predicted octanol–water partition coefficient (Wildman–Crippen LogP) is 1.28. The summed E-state index contributed by atoms with van der Waals surface area (Å²) in [4.78, 5) is 11.5. The van der Waals surface area contributed by atoms with E-state index < -0.39 is 6.10 Å². The maximum absolute atomic E-state index is 11.5. The number of ether oxygens (including phenoxy) is 2. The van der Waals surface area contributed by atoms with Gasteiger partial charge in [0, 0.05) is 5.69 Å². The molecule has 0 saturated heterocycles. The predicted molar refractivity (Wildman–Crippen MR) is 66.5 cm³/mol. The van der Waals surface area contributed by atoms with Crippen molar-refractivity contribution in [2.45, 2.75) is 19.4 Å². The molecule has 0 aromatic heterocycles. The molecule has 2 N–H and O–H groups in total. The molecule has 0 aliphatic carbocycles. The normalized spacial score (nSPS) is 11.6. The van der Waals surface area contributed by atoms with E-state index in [0.717, 1.165) is 5.56 Å². The summed E-state index contributed by atoms with van der Waals surface area (Å²) in [6.07, 6.45) is -0.309. The molecule has 5 nitrogen and oxygen atoms in total. The van der Waals surface area contributed by atoms with Crippen LogP contribution in [0.2, 0.25) is 0 Å². The van der Waals surface area contributed by atoms with Crippen LogP contribution in [-0.2, 0) is 20.7 Å². The minimum atomic E-state index is -0.488. The average Bonchev–Trinajstić information content (AvgIpc) is 2.34. The molecule has 1 aromatic rings. The summed E-state index contributed by atoms with van der Waals surface area (Å²) in [5, 5.41) is 8.47. The van der Waals surface area contributed by atoms with Gasteiger partial charge in [0.2, 0.25) is 0 Å². The van der Waals surface area contributed by atoms with E-state index in [1.54, 1.807) is 25.1 Å². The number of carbonyl (C=O) groups excluding carboxylic acids is 1. The number of nitriles is 1. The first kappa shape index (κ1) is 14.0. The number of nitrogens with two attached hydrogens (primary N) is 1. The van der Waals surface area contributed by atoms with Crippen LogP contribution in [0, 0.1) is 11.3 Å². The molecule has 0 heterocycles. The van der Waals surface area contributed by atoms with Gasteiger partial charge in [-0.05, 0) is 24.6 Å². The van der Waals surface area contributed by atoms with E-state index in [1.165, 1.54) is 0 Å². The topological polar surface area (TPSA) is 85.3 Å². The molecule has 0 aliphatic heterocycles. The van der Waals surface area contributed by atoms with Crippen molar-refractivity contribution in [2.75, 3.05) is 18.9 Å². The molecule has 0 spiro atoms. The van der Waals surface area contributed by atoms with Crippen LogP contribution in [0.1, 0.15) is 12.5 Å². The minimum Gasteiger partial charge on any atom is -0.463 e. The lowest BCUT2D eigenvalue weighted by atomic mass is 10.1. The lowest BCUT2D eigenvalue weighted by Gasteiger charge is -2.07. The van der Waals surface area contributed by atoms with Crippen molar-refractivity contribution < 1.29 is 14.3 Å². The lowest BCUT2D eigenvalue weighted by Crippen LogP contribution is -2.15. The number of nitrogen functional groups attached to an aromatic ring is 1. The molecule has 0 aliphatic rings. The Balaban J connectivity index is 2.24. The third-order valence-electron chi connectivity index (χ3n) is 2.20. The molecular formula is C13H16N2O3. The Morgan fingerprint density at radius 2 is 2.28 bits per heavy atom. The summed E-state index contributed by atoms with van der Waals surface area (Å²) in [5.74, 6) is -0.339. The number of hydrogen-bond donors (Lipinski definition) is 1. The van der Waals surface area contributed by atoms with Crippen LogP contribution in [-0.4, -0.2) is 25.3 Å². The third kappa shape index (κ3) is 5.32. The van der Waals surface area contributed by atoms with Crippen molar-refractivity contribution in [3.05, 3.63) is 29.8 Å². The van der Waals surface area contributed by atoms with Gasteiger partial charge in [0.15, 0.2) is 0 Å². The number of rotatable bonds is 6. The van der Waals surface area contributed by atoms with E-state index in [-0.39, 0.29) is 25.6 Å². The van der Waals surface area contributed by atoms with Gasteiger partial charge in [-0.3, -0.25) is 4.79 Å². The lowest BCUT2D eigenvalue weighted by molar-refractivity contribution is -0.144. The number of esters is 1. The maximum Gasteiger partial charge on any atom is 0.310 e. The molecule has 1 rings (SSSR count). The fourth-order valence-corrected chi connectivity index (χ4v) is 1.34. The first-order chi connectivity index (χ1) is 8.61. The summed E-state index contributed by atoms with van der Waals surface area (Å²) in [6, 6.07) is 9.01. The van der Waals surface area contributed by atoms with E-state index in [1.807, 2.05) is 12.1 Å². The van der Waals surface area contributed by atoms with E-state index in [4.69, 9.17) is 20.5 Å². The smallest absolute Gasteiger partial charge is 0.310 e. The molecule has 0 radical (unpaired) electrons. The van der Waals surface area contributed by atoms with Gasteiger partial charge in [-0.1, -0.05) is 12.1 Å². The Hall–Kier alpha value is -2.06.